The highest BCUT2D eigenvalue weighted by molar-refractivity contribution is 7.71. The van der Waals surface area contributed by atoms with E-state index in [2.05, 4.69) is 16.9 Å². The molecule has 32 heavy (non-hydrogen) atoms. The van der Waals surface area contributed by atoms with Gasteiger partial charge in [-0.25, -0.2) is 0 Å². The summed E-state index contributed by atoms with van der Waals surface area (Å²) < 4.78 is 19.5. The Kier molecular flexibility index (Phi) is 7.55. The minimum Gasteiger partial charge on any atom is -0.495 e. The molecular weight excluding hydrogens is 452 g/mol. The molecule has 168 valence electrons. The smallest absolute Gasteiger partial charge is 0.227 e. The van der Waals surface area contributed by atoms with Crippen LogP contribution in [0.15, 0.2) is 49.2 Å². The fraction of sp³-hybridized carbons (Fsp3) is 0.227. The lowest BCUT2D eigenvalue weighted by molar-refractivity contribution is 0.0968. The van der Waals surface area contributed by atoms with Crippen LogP contribution in [0.5, 0.6) is 17.5 Å². The van der Waals surface area contributed by atoms with Crippen molar-refractivity contribution < 1.29 is 19.0 Å². The van der Waals surface area contributed by atoms with E-state index in [1.165, 1.54) is 14.2 Å². The van der Waals surface area contributed by atoms with Crippen LogP contribution >= 0.6 is 23.8 Å². The van der Waals surface area contributed by atoms with Crippen molar-refractivity contribution in [3.05, 3.63) is 64.5 Å². The molecule has 8 nitrogen and oxygen atoms in total. The number of imidazole rings is 1. The number of hydrogen-bond acceptors (Lipinski definition) is 7. The van der Waals surface area contributed by atoms with Gasteiger partial charge in [0.2, 0.25) is 11.8 Å². The highest BCUT2D eigenvalue weighted by Crippen LogP contribution is 2.29. The maximum absolute atomic E-state index is 13.1. The van der Waals surface area contributed by atoms with E-state index in [9.17, 15) is 4.79 Å². The Morgan fingerprint density at radius 2 is 2.00 bits per heavy atom. The Hall–Kier alpha value is -3.30. The van der Waals surface area contributed by atoms with Crippen LogP contribution < -0.4 is 19.5 Å². The van der Waals surface area contributed by atoms with Crippen LogP contribution in [0.3, 0.4) is 0 Å². The van der Waals surface area contributed by atoms with Gasteiger partial charge in [-0.3, -0.25) is 9.36 Å². The van der Waals surface area contributed by atoms with Crippen LogP contribution in [-0.2, 0) is 13.1 Å². The third-order valence-corrected chi connectivity index (χ3v) is 5.39. The van der Waals surface area contributed by atoms with Crippen molar-refractivity contribution >= 4 is 41.1 Å². The van der Waals surface area contributed by atoms with Gasteiger partial charge in [0.15, 0.2) is 10.6 Å². The van der Waals surface area contributed by atoms with E-state index in [1.807, 2.05) is 16.8 Å². The van der Waals surface area contributed by atoms with E-state index in [1.54, 1.807) is 42.0 Å². The molecule has 0 aliphatic heterocycles. The molecule has 0 spiro atoms. The number of nitrogens with zero attached hydrogens (tertiary/aromatic N) is 3. The van der Waals surface area contributed by atoms with Crippen LogP contribution in [-0.4, -0.2) is 41.2 Å². The second kappa shape index (κ2) is 10.3. The topological polar surface area (TPSA) is 79.5 Å². The lowest BCUT2D eigenvalue weighted by Crippen LogP contribution is -2.14. The molecule has 3 aromatic rings. The van der Waals surface area contributed by atoms with Gasteiger partial charge in [0, 0.05) is 24.5 Å². The number of pyridine rings is 1. The van der Waals surface area contributed by atoms with Crippen LogP contribution in [0.25, 0.3) is 0 Å². The van der Waals surface area contributed by atoms with E-state index in [0.29, 0.717) is 45.0 Å². The number of hydrogen-bond donors (Lipinski definition) is 1. The van der Waals surface area contributed by atoms with Crippen molar-refractivity contribution in [3.8, 4) is 17.5 Å². The summed E-state index contributed by atoms with van der Waals surface area (Å²) in [6.45, 7) is 4.23. The minimum absolute atomic E-state index is 0.0282. The molecule has 0 bridgehead atoms. The Bertz CT molecular complexity index is 1210. The van der Waals surface area contributed by atoms with Crippen LogP contribution in [0.1, 0.15) is 10.4 Å². The average molecular weight is 475 g/mol. The van der Waals surface area contributed by atoms with Crippen molar-refractivity contribution in [1.29, 1.82) is 0 Å². The first-order chi connectivity index (χ1) is 15.4. The number of allylic oxidation sites excluding steroid dienone is 1. The molecule has 3 rings (SSSR count). The number of carbonyl (C=O) groups is 1. The van der Waals surface area contributed by atoms with Crippen molar-refractivity contribution in [2.45, 2.75) is 13.1 Å². The quantitative estimate of drug-likeness (QED) is 0.254. The summed E-state index contributed by atoms with van der Waals surface area (Å²) in [4.78, 5) is 17.3. The first kappa shape index (κ1) is 23.4. The van der Waals surface area contributed by atoms with Gasteiger partial charge in [0.25, 0.3) is 0 Å². The summed E-state index contributed by atoms with van der Waals surface area (Å²) in [6.07, 6.45) is 3.55. The Morgan fingerprint density at radius 1 is 1.22 bits per heavy atom. The Morgan fingerprint density at radius 3 is 2.62 bits per heavy atom. The summed E-state index contributed by atoms with van der Waals surface area (Å²) in [6, 6.07) is 8.53. The van der Waals surface area contributed by atoms with Crippen LogP contribution in [0.2, 0.25) is 5.02 Å². The summed E-state index contributed by atoms with van der Waals surface area (Å²) >= 11 is 11.9. The molecule has 0 atom stereocenters. The van der Waals surface area contributed by atoms with E-state index in [4.69, 9.17) is 38.0 Å². The standard InChI is InChI=1S/C22H23ClN4O4S/c1-5-10-26-13-19(24-14-6-8-18(29-2)16(23)11-14)27(22(26)32)12-17(28)15-7-9-20(30-3)25-21(15)31-4/h5-9,11,13,24H,1,10,12H2,2-4H3. The normalized spacial score (nSPS) is 10.5. The highest BCUT2D eigenvalue weighted by Gasteiger charge is 2.19. The van der Waals surface area contributed by atoms with Crippen LogP contribution in [0, 0.1) is 4.77 Å². The third kappa shape index (κ3) is 4.95. The second-order valence-electron chi connectivity index (χ2n) is 6.63. The molecule has 1 aromatic carbocycles. The third-order valence-electron chi connectivity index (χ3n) is 4.63. The van der Waals surface area contributed by atoms with Gasteiger partial charge in [-0.15, -0.1) is 6.58 Å². The van der Waals surface area contributed by atoms with Gasteiger partial charge in [-0.1, -0.05) is 17.7 Å². The minimum atomic E-state index is -0.222. The molecule has 0 unspecified atom stereocenters. The molecule has 1 N–H and O–H groups in total. The monoisotopic (exact) mass is 474 g/mol. The molecule has 0 saturated heterocycles. The fourth-order valence-electron chi connectivity index (χ4n) is 3.08. The number of halogens is 1. The molecule has 0 saturated carbocycles. The molecule has 2 aromatic heterocycles. The number of nitrogens with one attached hydrogen (secondary N) is 1. The largest absolute Gasteiger partial charge is 0.495 e. The second-order valence-corrected chi connectivity index (χ2v) is 7.40. The molecule has 0 amide bonds. The van der Waals surface area contributed by atoms with Crippen LogP contribution in [0.4, 0.5) is 11.5 Å². The van der Waals surface area contributed by atoms with E-state index in [0.717, 1.165) is 0 Å². The predicted octanol–water partition coefficient (Wildman–Crippen LogP) is 4.91. The van der Waals surface area contributed by atoms with Crippen molar-refractivity contribution in [2.24, 2.45) is 0 Å². The summed E-state index contributed by atoms with van der Waals surface area (Å²) in [5, 5.41) is 3.73. The number of ketones is 1. The molecular formula is C22H23ClN4O4S. The van der Waals surface area contributed by atoms with Crippen molar-refractivity contribution in [1.82, 2.24) is 14.1 Å². The molecule has 0 fully saturated rings. The summed E-state index contributed by atoms with van der Waals surface area (Å²) in [5.41, 5.74) is 1.04. The first-order valence-corrected chi connectivity index (χ1v) is 10.3. The number of methoxy groups -OCH3 is 3. The SMILES string of the molecule is C=CCn1cc(Nc2ccc(OC)c(Cl)c2)n(CC(=O)c2ccc(OC)nc2OC)c1=S. The van der Waals surface area contributed by atoms with Gasteiger partial charge < -0.3 is 24.1 Å². The first-order valence-electron chi connectivity index (χ1n) is 9.55. The number of anilines is 2. The molecule has 0 aliphatic carbocycles. The van der Waals surface area contributed by atoms with Crippen molar-refractivity contribution in [2.75, 3.05) is 26.6 Å². The molecule has 10 heteroatoms. The zero-order chi connectivity index (χ0) is 23.3. The Balaban J connectivity index is 1.97. The summed E-state index contributed by atoms with van der Waals surface area (Å²) in [7, 11) is 4.49. The maximum Gasteiger partial charge on any atom is 0.227 e. The zero-order valence-electron chi connectivity index (χ0n) is 17.9. The fourth-order valence-corrected chi connectivity index (χ4v) is 3.63. The highest BCUT2D eigenvalue weighted by atomic mass is 35.5. The number of Topliss-reactive ketones (excluding diaryl/α,β-unsaturated/α-hetero) is 1. The van der Waals surface area contributed by atoms with Gasteiger partial charge >= 0.3 is 0 Å². The lowest BCUT2D eigenvalue weighted by atomic mass is 10.1. The number of aromatic nitrogens is 3. The van der Waals surface area contributed by atoms with Crippen molar-refractivity contribution in [3.63, 3.8) is 0 Å². The molecule has 0 radical (unpaired) electrons. The van der Waals surface area contributed by atoms with Gasteiger partial charge in [0.05, 0.1) is 38.5 Å². The van der Waals surface area contributed by atoms with E-state index < -0.39 is 0 Å². The lowest BCUT2D eigenvalue weighted by Gasteiger charge is -2.12. The van der Waals surface area contributed by atoms with Gasteiger partial charge in [0.1, 0.15) is 11.6 Å². The Labute approximate surface area is 196 Å². The number of rotatable bonds is 10. The van der Waals surface area contributed by atoms with E-state index >= 15 is 0 Å². The number of ether oxygens (including phenoxy) is 3. The zero-order valence-corrected chi connectivity index (χ0v) is 19.5. The number of carbonyl (C=O) groups excluding carboxylic acids is 1. The predicted molar refractivity (Wildman–Crippen MR) is 126 cm³/mol. The molecule has 2 heterocycles. The van der Waals surface area contributed by atoms with Gasteiger partial charge in [-0.2, -0.15) is 4.98 Å². The van der Waals surface area contributed by atoms with E-state index in [-0.39, 0.29) is 18.2 Å². The maximum atomic E-state index is 13.1. The molecule has 0 aliphatic rings. The van der Waals surface area contributed by atoms with Gasteiger partial charge in [-0.05, 0) is 36.5 Å². The number of benzene rings is 1. The average Bonchev–Trinajstić information content (AvgIpc) is 3.07. The summed E-state index contributed by atoms with van der Waals surface area (Å²) in [5.74, 6) is 1.49.